The van der Waals surface area contributed by atoms with Gasteiger partial charge in [-0.25, -0.2) is 4.68 Å². The summed E-state index contributed by atoms with van der Waals surface area (Å²) in [6, 6.07) is -0.570. The van der Waals surface area contributed by atoms with Crippen LogP contribution in [-0.2, 0) is 9.59 Å². The van der Waals surface area contributed by atoms with Crippen molar-refractivity contribution in [2.24, 2.45) is 0 Å². The van der Waals surface area contributed by atoms with Crippen LogP contribution in [0.1, 0.15) is 41.4 Å². The summed E-state index contributed by atoms with van der Waals surface area (Å²) in [5, 5.41) is 12.3. The zero-order chi connectivity index (χ0) is 19.0. The van der Waals surface area contributed by atoms with Crippen molar-refractivity contribution >= 4 is 29.1 Å². The Kier molecular flexibility index (Phi) is 4.65. The average Bonchev–Trinajstić information content (AvgIpc) is 3.40. The van der Waals surface area contributed by atoms with Crippen LogP contribution in [0.4, 0.5) is 0 Å². The monoisotopic (exact) mass is 389 g/mol. The third-order valence-corrected chi connectivity index (χ3v) is 5.80. The van der Waals surface area contributed by atoms with E-state index >= 15 is 0 Å². The van der Waals surface area contributed by atoms with Crippen molar-refractivity contribution in [3.8, 4) is 17.0 Å². The SMILES string of the molecule is COc1c(-c2cn(C3CCC(=O)NC3=O)nn2)csc1C(=O)N1CCCC1. The first-order chi connectivity index (χ1) is 13.1. The van der Waals surface area contributed by atoms with Crippen molar-refractivity contribution in [1.82, 2.24) is 25.2 Å². The van der Waals surface area contributed by atoms with Crippen molar-refractivity contribution in [2.45, 2.75) is 31.7 Å². The Balaban J connectivity index is 1.61. The summed E-state index contributed by atoms with van der Waals surface area (Å²) in [5.41, 5.74) is 1.19. The minimum Gasteiger partial charge on any atom is -0.494 e. The molecule has 1 atom stereocenters. The molecule has 4 rings (SSSR count). The van der Waals surface area contributed by atoms with Crippen molar-refractivity contribution in [3.05, 3.63) is 16.5 Å². The van der Waals surface area contributed by atoms with Gasteiger partial charge in [-0.3, -0.25) is 19.7 Å². The number of carbonyl (C=O) groups is 3. The van der Waals surface area contributed by atoms with Crippen LogP contribution in [0.2, 0.25) is 0 Å². The van der Waals surface area contributed by atoms with Gasteiger partial charge in [0.25, 0.3) is 11.8 Å². The van der Waals surface area contributed by atoms with Crippen LogP contribution in [0.15, 0.2) is 11.6 Å². The maximum atomic E-state index is 12.7. The van der Waals surface area contributed by atoms with Gasteiger partial charge < -0.3 is 9.64 Å². The second-order valence-corrected chi connectivity index (χ2v) is 7.44. The van der Waals surface area contributed by atoms with Crippen molar-refractivity contribution in [1.29, 1.82) is 0 Å². The molecule has 142 valence electrons. The Labute approximate surface area is 159 Å². The number of piperidine rings is 1. The molecule has 2 saturated heterocycles. The Morgan fingerprint density at radius 3 is 2.81 bits per heavy atom. The molecule has 0 spiro atoms. The number of thiophene rings is 1. The number of methoxy groups -OCH3 is 1. The van der Waals surface area contributed by atoms with Gasteiger partial charge in [-0.2, -0.15) is 0 Å². The smallest absolute Gasteiger partial charge is 0.267 e. The molecular formula is C17H19N5O4S. The summed E-state index contributed by atoms with van der Waals surface area (Å²) < 4.78 is 6.96. The van der Waals surface area contributed by atoms with Crippen molar-refractivity contribution in [3.63, 3.8) is 0 Å². The molecule has 0 radical (unpaired) electrons. The molecule has 2 fully saturated rings. The van der Waals surface area contributed by atoms with E-state index in [2.05, 4.69) is 15.6 Å². The van der Waals surface area contributed by atoms with Crippen molar-refractivity contribution < 1.29 is 19.1 Å². The third kappa shape index (κ3) is 3.20. The number of nitrogens with zero attached hydrogens (tertiary/aromatic N) is 4. The molecule has 4 heterocycles. The van der Waals surface area contributed by atoms with E-state index < -0.39 is 6.04 Å². The van der Waals surface area contributed by atoms with Gasteiger partial charge in [0, 0.05) is 24.9 Å². The highest BCUT2D eigenvalue weighted by molar-refractivity contribution is 7.13. The zero-order valence-corrected chi connectivity index (χ0v) is 15.6. The van der Waals surface area contributed by atoms with Crippen molar-refractivity contribution in [2.75, 3.05) is 20.2 Å². The Bertz CT molecular complexity index is 899. The third-order valence-electron chi connectivity index (χ3n) is 4.85. The molecule has 27 heavy (non-hydrogen) atoms. The molecular weight excluding hydrogens is 370 g/mol. The standard InChI is InChI=1S/C17H19N5O4S/c1-26-14-10(9-27-15(14)17(25)21-6-2-3-7-21)11-8-22(20-19-11)12-4-5-13(23)18-16(12)24/h8-9,12H,2-7H2,1H3,(H,18,23,24). The predicted octanol–water partition coefficient (Wildman–Crippen LogP) is 1.23. The first-order valence-electron chi connectivity index (χ1n) is 8.79. The van der Waals surface area contributed by atoms with E-state index in [1.807, 2.05) is 10.3 Å². The number of carbonyl (C=O) groups excluding carboxylic acids is 3. The van der Waals surface area contributed by atoms with Gasteiger partial charge in [0.15, 0.2) is 5.75 Å². The van der Waals surface area contributed by atoms with Gasteiger partial charge in [0.05, 0.1) is 18.9 Å². The maximum absolute atomic E-state index is 12.7. The molecule has 0 saturated carbocycles. The second kappa shape index (κ2) is 7.10. The zero-order valence-electron chi connectivity index (χ0n) is 14.8. The Morgan fingerprint density at radius 1 is 1.33 bits per heavy atom. The van der Waals surface area contributed by atoms with Gasteiger partial charge in [-0.15, -0.1) is 16.4 Å². The van der Waals surface area contributed by atoms with Crippen LogP contribution in [0, 0.1) is 0 Å². The molecule has 0 aliphatic carbocycles. The van der Waals surface area contributed by atoms with E-state index in [0.29, 0.717) is 28.3 Å². The molecule has 10 heteroatoms. The number of aromatic nitrogens is 3. The fraction of sp³-hybridized carbons (Fsp3) is 0.471. The number of hydrogen-bond donors (Lipinski definition) is 1. The normalized spacial score (nSPS) is 20.0. The first kappa shape index (κ1) is 17.7. The summed E-state index contributed by atoms with van der Waals surface area (Å²) in [5.74, 6) is -0.212. The molecule has 2 aliphatic rings. The minimum atomic E-state index is -0.570. The number of ether oxygens (including phenoxy) is 1. The number of hydrogen-bond acceptors (Lipinski definition) is 7. The van der Waals surface area contributed by atoms with E-state index in [9.17, 15) is 14.4 Å². The summed E-state index contributed by atoms with van der Waals surface area (Å²) in [7, 11) is 1.52. The van der Waals surface area contributed by atoms with E-state index in [1.54, 1.807) is 6.20 Å². The molecule has 2 aromatic heterocycles. The number of imide groups is 1. The van der Waals surface area contributed by atoms with Gasteiger partial charge in [-0.05, 0) is 19.3 Å². The van der Waals surface area contributed by atoms with Crippen LogP contribution >= 0.6 is 11.3 Å². The maximum Gasteiger partial charge on any atom is 0.267 e. The van der Waals surface area contributed by atoms with Crippen LogP contribution in [0.5, 0.6) is 5.75 Å². The van der Waals surface area contributed by atoms with E-state index in [1.165, 1.54) is 23.1 Å². The molecule has 3 amide bonds. The highest BCUT2D eigenvalue weighted by atomic mass is 32.1. The lowest BCUT2D eigenvalue weighted by atomic mass is 10.1. The summed E-state index contributed by atoms with van der Waals surface area (Å²) in [4.78, 5) is 38.4. The molecule has 0 bridgehead atoms. The number of likely N-dealkylation sites (tertiary alicyclic amines) is 1. The van der Waals surface area contributed by atoms with Gasteiger partial charge >= 0.3 is 0 Å². The quantitative estimate of drug-likeness (QED) is 0.789. The van der Waals surface area contributed by atoms with Gasteiger partial charge in [-0.1, -0.05) is 5.21 Å². The second-order valence-electron chi connectivity index (χ2n) is 6.56. The van der Waals surface area contributed by atoms with Crippen LogP contribution in [0.25, 0.3) is 11.3 Å². The molecule has 2 aliphatic heterocycles. The van der Waals surface area contributed by atoms with Gasteiger partial charge in [0.1, 0.15) is 16.6 Å². The summed E-state index contributed by atoms with van der Waals surface area (Å²) in [6.07, 6.45) is 4.34. The molecule has 0 aromatic carbocycles. The van der Waals surface area contributed by atoms with Crippen LogP contribution < -0.4 is 10.1 Å². The topological polar surface area (TPSA) is 106 Å². The fourth-order valence-corrected chi connectivity index (χ4v) is 4.42. The molecule has 1 N–H and O–H groups in total. The predicted molar refractivity (Wildman–Crippen MR) is 96.4 cm³/mol. The lowest BCUT2D eigenvalue weighted by Crippen LogP contribution is -2.41. The fourth-order valence-electron chi connectivity index (χ4n) is 3.42. The lowest BCUT2D eigenvalue weighted by molar-refractivity contribution is -0.136. The highest BCUT2D eigenvalue weighted by Crippen LogP contribution is 2.38. The minimum absolute atomic E-state index is 0.0295. The number of amides is 3. The van der Waals surface area contributed by atoms with Crippen LogP contribution in [0.3, 0.4) is 0 Å². The first-order valence-corrected chi connectivity index (χ1v) is 9.67. The summed E-state index contributed by atoms with van der Waals surface area (Å²) >= 11 is 1.32. The largest absolute Gasteiger partial charge is 0.494 e. The molecule has 1 unspecified atom stereocenters. The van der Waals surface area contributed by atoms with E-state index in [4.69, 9.17) is 4.74 Å². The lowest BCUT2D eigenvalue weighted by Gasteiger charge is -2.20. The Hall–Kier alpha value is -2.75. The Morgan fingerprint density at radius 2 is 2.11 bits per heavy atom. The highest BCUT2D eigenvalue weighted by Gasteiger charge is 2.31. The van der Waals surface area contributed by atoms with E-state index in [0.717, 1.165) is 25.9 Å². The average molecular weight is 389 g/mol. The number of nitrogens with one attached hydrogen (secondary N) is 1. The van der Waals surface area contributed by atoms with Gasteiger partial charge in [0.2, 0.25) is 5.91 Å². The molecule has 9 nitrogen and oxygen atoms in total. The van der Waals surface area contributed by atoms with Crippen LogP contribution in [-0.4, -0.2) is 57.8 Å². The molecule has 2 aromatic rings. The number of rotatable bonds is 4. The van der Waals surface area contributed by atoms with E-state index in [-0.39, 0.29) is 24.1 Å². The summed E-state index contributed by atoms with van der Waals surface area (Å²) in [6.45, 7) is 1.53.